The molecule has 0 radical (unpaired) electrons. The number of rotatable bonds is 5. The number of aromatic nitrogens is 1. The molecule has 0 fully saturated rings. The number of carbonyl (C=O) groups is 2. The summed E-state index contributed by atoms with van der Waals surface area (Å²) in [4.78, 5) is 26.9. The van der Waals surface area contributed by atoms with Crippen LogP contribution in [0, 0.1) is 0 Å². The van der Waals surface area contributed by atoms with Gasteiger partial charge in [-0.3, -0.25) is 9.59 Å². The molecule has 2 rings (SSSR count). The number of hydrogen-bond donors (Lipinski definition) is 2. The van der Waals surface area contributed by atoms with Crippen LogP contribution in [-0.4, -0.2) is 29.5 Å². The maximum atomic E-state index is 11.9. The van der Waals surface area contributed by atoms with Gasteiger partial charge in [0.1, 0.15) is 18.0 Å². The van der Waals surface area contributed by atoms with Crippen LogP contribution >= 0.6 is 11.3 Å². The van der Waals surface area contributed by atoms with Crippen molar-refractivity contribution in [1.29, 1.82) is 0 Å². The molecule has 2 aromatic rings. The highest BCUT2D eigenvalue weighted by molar-refractivity contribution is 7.18. The predicted molar refractivity (Wildman–Crippen MR) is 75.1 cm³/mol. The Labute approximate surface area is 127 Å². The van der Waals surface area contributed by atoms with Crippen molar-refractivity contribution >= 4 is 33.4 Å². The molecule has 1 aromatic heterocycles. The summed E-state index contributed by atoms with van der Waals surface area (Å²) in [6.45, 7) is -1.32. The van der Waals surface area contributed by atoms with Gasteiger partial charge in [0.25, 0.3) is 0 Å². The molecule has 0 aliphatic carbocycles. The smallest absolute Gasteiger partial charge is 0.349 e. The molecule has 5 nitrogen and oxygen atoms in total. The number of para-hydroxylation sites is 1. The fraction of sp³-hybridized carbons (Fsp3) is 0.308. The Kier molecular flexibility index (Phi) is 4.96. The Morgan fingerprint density at radius 1 is 1.14 bits per heavy atom. The van der Waals surface area contributed by atoms with Gasteiger partial charge in [0.05, 0.1) is 16.8 Å². The van der Waals surface area contributed by atoms with Crippen molar-refractivity contribution in [2.45, 2.75) is 19.1 Å². The maximum absolute atomic E-state index is 11.9. The zero-order valence-electron chi connectivity index (χ0n) is 11.2. The summed E-state index contributed by atoms with van der Waals surface area (Å²) in [5, 5.41) is 4.75. The van der Waals surface area contributed by atoms with Gasteiger partial charge in [0.2, 0.25) is 11.8 Å². The van der Waals surface area contributed by atoms with Gasteiger partial charge in [0, 0.05) is 0 Å². The molecule has 22 heavy (non-hydrogen) atoms. The average molecular weight is 331 g/mol. The van der Waals surface area contributed by atoms with E-state index in [1.165, 1.54) is 11.3 Å². The molecule has 9 heteroatoms. The third-order valence-corrected chi connectivity index (χ3v) is 3.62. The topological polar surface area (TPSA) is 71.1 Å². The van der Waals surface area contributed by atoms with Crippen LogP contribution in [0.15, 0.2) is 24.3 Å². The third-order valence-electron chi connectivity index (χ3n) is 2.58. The Hall–Kier alpha value is -2.16. The lowest BCUT2D eigenvalue weighted by molar-refractivity contribution is -0.140. The molecule has 0 aliphatic heterocycles. The highest BCUT2D eigenvalue weighted by Gasteiger charge is 2.27. The molecule has 2 N–H and O–H groups in total. The van der Waals surface area contributed by atoms with Gasteiger partial charge < -0.3 is 10.6 Å². The van der Waals surface area contributed by atoms with Gasteiger partial charge in [0.15, 0.2) is 0 Å². The largest absolute Gasteiger partial charge is 0.405 e. The van der Waals surface area contributed by atoms with E-state index in [1.54, 1.807) is 5.32 Å². The van der Waals surface area contributed by atoms with E-state index < -0.39 is 31.0 Å². The molecule has 2 amide bonds. The van der Waals surface area contributed by atoms with Gasteiger partial charge >= 0.3 is 6.18 Å². The Bertz CT molecular complexity index is 651. The van der Waals surface area contributed by atoms with Crippen molar-refractivity contribution in [3.05, 3.63) is 29.3 Å². The first-order valence-corrected chi connectivity index (χ1v) is 7.10. The lowest BCUT2D eigenvalue weighted by Crippen LogP contribution is -2.37. The van der Waals surface area contributed by atoms with Crippen LogP contribution in [0.1, 0.15) is 11.4 Å². The number of benzene rings is 1. The zero-order valence-corrected chi connectivity index (χ0v) is 12.1. The fourth-order valence-electron chi connectivity index (χ4n) is 1.64. The van der Waals surface area contributed by atoms with E-state index >= 15 is 0 Å². The SMILES string of the molecule is O=C(CC(=O)NCC(F)(F)F)NCc1nc2ccccc2s1. The molecule has 0 aliphatic rings. The lowest BCUT2D eigenvalue weighted by atomic mass is 10.3. The summed E-state index contributed by atoms with van der Waals surface area (Å²) in [5.74, 6) is -1.63. The summed E-state index contributed by atoms with van der Waals surface area (Å²) in [7, 11) is 0. The van der Waals surface area contributed by atoms with Crippen LogP contribution in [0.2, 0.25) is 0 Å². The van der Waals surface area contributed by atoms with Gasteiger partial charge in [-0.15, -0.1) is 11.3 Å². The van der Waals surface area contributed by atoms with Crippen LogP contribution in [0.25, 0.3) is 10.2 Å². The lowest BCUT2D eigenvalue weighted by Gasteiger charge is -2.08. The molecule has 0 atom stereocenters. The summed E-state index contributed by atoms with van der Waals surface area (Å²) in [6, 6.07) is 7.44. The minimum atomic E-state index is -4.49. The fourth-order valence-corrected chi connectivity index (χ4v) is 2.55. The highest BCUT2D eigenvalue weighted by Crippen LogP contribution is 2.21. The van der Waals surface area contributed by atoms with E-state index in [4.69, 9.17) is 0 Å². The minimum absolute atomic E-state index is 0.130. The predicted octanol–water partition coefficient (Wildman–Crippen LogP) is 1.98. The van der Waals surface area contributed by atoms with Crippen molar-refractivity contribution in [1.82, 2.24) is 15.6 Å². The summed E-state index contributed by atoms with van der Waals surface area (Å²) in [6.07, 6.45) is -5.14. The molecule has 0 saturated heterocycles. The second kappa shape index (κ2) is 6.73. The molecule has 0 bridgehead atoms. The van der Waals surface area contributed by atoms with Crippen LogP contribution in [0.3, 0.4) is 0 Å². The molecular weight excluding hydrogens is 319 g/mol. The van der Waals surface area contributed by atoms with E-state index in [1.807, 2.05) is 24.3 Å². The monoisotopic (exact) mass is 331 g/mol. The van der Waals surface area contributed by atoms with Gasteiger partial charge in [-0.1, -0.05) is 12.1 Å². The maximum Gasteiger partial charge on any atom is 0.405 e. The van der Waals surface area contributed by atoms with Crippen LogP contribution in [-0.2, 0) is 16.1 Å². The molecule has 1 heterocycles. The number of hydrogen-bond acceptors (Lipinski definition) is 4. The standard InChI is InChI=1S/C13H12F3N3O2S/c14-13(15,16)7-18-11(21)5-10(20)17-6-12-19-8-3-1-2-4-9(8)22-12/h1-4H,5-7H2,(H,17,20)(H,18,21). The van der Waals surface area contributed by atoms with Crippen molar-refractivity contribution in [2.75, 3.05) is 6.54 Å². The first-order valence-electron chi connectivity index (χ1n) is 6.28. The summed E-state index contributed by atoms with van der Waals surface area (Å²) in [5.41, 5.74) is 0.805. The van der Waals surface area contributed by atoms with E-state index in [9.17, 15) is 22.8 Å². The number of nitrogens with one attached hydrogen (secondary N) is 2. The Morgan fingerprint density at radius 3 is 2.50 bits per heavy atom. The van der Waals surface area contributed by atoms with E-state index in [-0.39, 0.29) is 6.54 Å². The quantitative estimate of drug-likeness (QED) is 0.823. The van der Waals surface area contributed by atoms with E-state index in [0.717, 1.165) is 10.2 Å². The Morgan fingerprint density at radius 2 is 1.82 bits per heavy atom. The average Bonchev–Trinajstić information content (AvgIpc) is 2.85. The van der Waals surface area contributed by atoms with Crippen LogP contribution in [0.5, 0.6) is 0 Å². The van der Waals surface area contributed by atoms with Gasteiger partial charge in [-0.25, -0.2) is 4.98 Å². The summed E-state index contributed by atoms with van der Waals surface area (Å²) >= 11 is 1.40. The normalized spacial score (nSPS) is 11.4. The van der Waals surface area contributed by atoms with Crippen LogP contribution < -0.4 is 10.6 Å². The molecule has 0 spiro atoms. The van der Waals surface area contributed by atoms with E-state index in [2.05, 4.69) is 10.3 Å². The number of thiazole rings is 1. The molecule has 118 valence electrons. The number of alkyl halides is 3. The molecule has 0 unspecified atom stereocenters. The third kappa shape index (κ3) is 4.99. The zero-order chi connectivity index (χ0) is 16.2. The first kappa shape index (κ1) is 16.2. The second-order valence-electron chi connectivity index (χ2n) is 4.42. The van der Waals surface area contributed by atoms with Gasteiger partial charge in [-0.05, 0) is 12.1 Å². The second-order valence-corrected chi connectivity index (χ2v) is 5.54. The highest BCUT2D eigenvalue weighted by atomic mass is 32.1. The van der Waals surface area contributed by atoms with Crippen molar-refractivity contribution in [3.8, 4) is 0 Å². The van der Waals surface area contributed by atoms with E-state index in [0.29, 0.717) is 5.01 Å². The number of nitrogens with zero attached hydrogens (tertiary/aromatic N) is 1. The Balaban J connectivity index is 1.79. The minimum Gasteiger partial charge on any atom is -0.349 e. The number of carbonyl (C=O) groups excluding carboxylic acids is 2. The number of amides is 2. The number of halogens is 3. The van der Waals surface area contributed by atoms with Crippen molar-refractivity contribution in [3.63, 3.8) is 0 Å². The summed E-state index contributed by atoms with van der Waals surface area (Å²) < 4.78 is 36.7. The van der Waals surface area contributed by atoms with Crippen molar-refractivity contribution in [2.24, 2.45) is 0 Å². The number of fused-ring (bicyclic) bond motifs is 1. The van der Waals surface area contributed by atoms with Crippen LogP contribution in [0.4, 0.5) is 13.2 Å². The molecule has 0 saturated carbocycles. The first-order chi connectivity index (χ1) is 10.3. The van der Waals surface area contributed by atoms with Crippen molar-refractivity contribution < 1.29 is 22.8 Å². The molecule has 1 aromatic carbocycles. The molecular formula is C13H12F3N3O2S. The van der Waals surface area contributed by atoms with Gasteiger partial charge in [-0.2, -0.15) is 13.2 Å².